The number of carbonyl (C=O) groups is 1. The quantitative estimate of drug-likeness (QED) is 0.455. The highest BCUT2D eigenvalue weighted by Crippen LogP contribution is 2.25. The van der Waals surface area contributed by atoms with Gasteiger partial charge in [0.05, 0.1) is 12.4 Å². The molecule has 2 aromatic carbocycles. The van der Waals surface area contributed by atoms with Crippen LogP contribution in [0.1, 0.15) is 30.3 Å². The van der Waals surface area contributed by atoms with Gasteiger partial charge in [-0.1, -0.05) is 49.7 Å². The first-order chi connectivity index (χ1) is 12.3. The summed E-state index contributed by atoms with van der Waals surface area (Å²) >= 11 is 0. The molecular formula is C19H21N5O. The first-order valence-electron chi connectivity index (χ1n) is 8.38. The van der Waals surface area contributed by atoms with Gasteiger partial charge >= 0.3 is 0 Å². The van der Waals surface area contributed by atoms with E-state index in [1.807, 2.05) is 24.3 Å². The van der Waals surface area contributed by atoms with E-state index in [0.29, 0.717) is 5.82 Å². The Morgan fingerprint density at radius 3 is 2.68 bits per heavy atom. The average molecular weight is 335 g/mol. The van der Waals surface area contributed by atoms with Gasteiger partial charge in [-0.2, -0.15) is 0 Å². The summed E-state index contributed by atoms with van der Waals surface area (Å²) in [6, 6.07) is 14.2. The lowest BCUT2D eigenvalue weighted by atomic mass is 10.1. The predicted molar refractivity (Wildman–Crippen MR) is 99.6 cm³/mol. The molecule has 0 radical (unpaired) electrons. The second-order valence-electron chi connectivity index (χ2n) is 5.67. The highest BCUT2D eigenvalue weighted by Gasteiger charge is 2.08. The van der Waals surface area contributed by atoms with E-state index in [9.17, 15) is 4.79 Å². The van der Waals surface area contributed by atoms with Crippen LogP contribution in [0.3, 0.4) is 0 Å². The van der Waals surface area contributed by atoms with Crippen molar-refractivity contribution in [3.8, 4) is 0 Å². The van der Waals surface area contributed by atoms with E-state index in [1.165, 1.54) is 6.20 Å². The molecule has 1 heterocycles. The summed E-state index contributed by atoms with van der Waals surface area (Å²) < 4.78 is 0. The van der Waals surface area contributed by atoms with Crippen molar-refractivity contribution in [2.45, 2.75) is 19.8 Å². The van der Waals surface area contributed by atoms with Crippen molar-refractivity contribution in [3.05, 3.63) is 60.6 Å². The maximum Gasteiger partial charge on any atom is 0.285 e. The second-order valence-corrected chi connectivity index (χ2v) is 5.67. The molecule has 128 valence electrons. The Morgan fingerprint density at radius 1 is 1.04 bits per heavy atom. The minimum Gasteiger partial charge on any atom is -0.338 e. The number of nitrogens with one attached hydrogen (secondary N) is 3. The highest BCUT2D eigenvalue weighted by atomic mass is 16.2. The first kappa shape index (κ1) is 16.9. The number of unbranched alkanes of at least 4 members (excludes halogenated alkanes) is 1. The molecule has 0 bridgehead atoms. The SMILES string of the molecule is CCCCNNC(=O)c1cnc(Nc2cccc3ccccc23)cn1. The molecule has 0 unspecified atom stereocenters. The molecule has 6 heteroatoms. The van der Waals surface area contributed by atoms with Crippen LogP contribution < -0.4 is 16.2 Å². The van der Waals surface area contributed by atoms with E-state index in [2.05, 4.69) is 51.3 Å². The number of rotatable bonds is 7. The Morgan fingerprint density at radius 2 is 1.88 bits per heavy atom. The third-order valence-electron chi connectivity index (χ3n) is 3.79. The van der Waals surface area contributed by atoms with Crippen LogP contribution >= 0.6 is 0 Å². The van der Waals surface area contributed by atoms with E-state index in [0.717, 1.165) is 35.8 Å². The van der Waals surface area contributed by atoms with Crippen molar-refractivity contribution in [2.75, 3.05) is 11.9 Å². The summed E-state index contributed by atoms with van der Waals surface area (Å²) in [5.74, 6) is 0.298. The molecule has 0 fully saturated rings. The number of amides is 1. The largest absolute Gasteiger partial charge is 0.338 e. The van der Waals surface area contributed by atoms with Crippen LogP contribution in [0.2, 0.25) is 0 Å². The van der Waals surface area contributed by atoms with Gasteiger partial charge in [0.25, 0.3) is 5.91 Å². The van der Waals surface area contributed by atoms with Crippen molar-refractivity contribution in [2.24, 2.45) is 0 Å². The van der Waals surface area contributed by atoms with E-state index in [4.69, 9.17) is 0 Å². The van der Waals surface area contributed by atoms with E-state index >= 15 is 0 Å². The van der Waals surface area contributed by atoms with Gasteiger partial charge in [0.1, 0.15) is 11.5 Å². The third-order valence-corrected chi connectivity index (χ3v) is 3.79. The molecular weight excluding hydrogens is 314 g/mol. The molecule has 3 rings (SSSR count). The molecule has 1 amide bonds. The smallest absolute Gasteiger partial charge is 0.285 e. The molecule has 0 saturated carbocycles. The van der Waals surface area contributed by atoms with Crippen LogP contribution in [0.15, 0.2) is 54.9 Å². The second kappa shape index (κ2) is 8.21. The van der Waals surface area contributed by atoms with Gasteiger partial charge in [0, 0.05) is 17.6 Å². The fraction of sp³-hybridized carbons (Fsp3) is 0.211. The maximum atomic E-state index is 12.0. The summed E-state index contributed by atoms with van der Waals surface area (Å²) in [5.41, 5.74) is 6.71. The number of fused-ring (bicyclic) bond motifs is 1. The Hall–Kier alpha value is -2.99. The van der Waals surface area contributed by atoms with Crippen LogP contribution in [0, 0.1) is 0 Å². The number of hydrogen-bond donors (Lipinski definition) is 3. The van der Waals surface area contributed by atoms with Crippen molar-refractivity contribution in [1.29, 1.82) is 0 Å². The topological polar surface area (TPSA) is 78.9 Å². The zero-order chi connectivity index (χ0) is 17.5. The summed E-state index contributed by atoms with van der Waals surface area (Å²) in [7, 11) is 0. The van der Waals surface area contributed by atoms with Gasteiger partial charge in [-0.15, -0.1) is 0 Å². The van der Waals surface area contributed by atoms with Crippen LogP contribution in [-0.4, -0.2) is 22.4 Å². The van der Waals surface area contributed by atoms with Gasteiger partial charge in [0.15, 0.2) is 0 Å². The molecule has 0 aliphatic carbocycles. The number of nitrogens with zero attached hydrogens (tertiary/aromatic N) is 2. The molecule has 3 N–H and O–H groups in total. The average Bonchev–Trinajstić information content (AvgIpc) is 2.66. The van der Waals surface area contributed by atoms with Crippen molar-refractivity contribution in [1.82, 2.24) is 20.8 Å². The van der Waals surface area contributed by atoms with Gasteiger partial charge in [-0.3, -0.25) is 10.2 Å². The van der Waals surface area contributed by atoms with Crippen LogP contribution in [0.25, 0.3) is 10.8 Å². The minimum atomic E-state index is -0.291. The van der Waals surface area contributed by atoms with Gasteiger partial charge in [-0.25, -0.2) is 15.4 Å². The first-order valence-corrected chi connectivity index (χ1v) is 8.38. The molecule has 0 aliphatic heterocycles. The maximum absolute atomic E-state index is 12.0. The monoisotopic (exact) mass is 335 g/mol. The zero-order valence-corrected chi connectivity index (χ0v) is 14.1. The summed E-state index contributed by atoms with van der Waals surface area (Å²) in [4.78, 5) is 20.4. The number of benzene rings is 2. The van der Waals surface area contributed by atoms with E-state index in [-0.39, 0.29) is 11.6 Å². The Bertz CT molecular complexity index is 843. The molecule has 0 aliphatic rings. The lowest BCUT2D eigenvalue weighted by Crippen LogP contribution is -2.38. The van der Waals surface area contributed by atoms with Crippen molar-refractivity contribution in [3.63, 3.8) is 0 Å². The number of hydrogen-bond acceptors (Lipinski definition) is 5. The third kappa shape index (κ3) is 4.30. The summed E-state index contributed by atoms with van der Waals surface area (Å²) in [6.45, 7) is 2.83. The van der Waals surface area contributed by atoms with Crippen molar-refractivity contribution < 1.29 is 4.79 Å². The molecule has 6 nitrogen and oxygen atoms in total. The summed E-state index contributed by atoms with van der Waals surface area (Å²) in [6.07, 6.45) is 5.09. The van der Waals surface area contributed by atoms with Gasteiger partial charge in [0.2, 0.25) is 0 Å². The number of hydrazine groups is 1. The molecule has 1 aromatic heterocycles. The molecule has 0 saturated heterocycles. The lowest BCUT2D eigenvalue weighted by Gasteiger charge is -2.09. The molecule has 0 spiro atoms. The zero-order valence-electron chi connectivity index (χ0n) is 14.1. The van der Waals surface area contributed by atoms with Gasteiger partial charge < -0.3 is 5.32 Å². The van der Waals surface area contributed by atoms with Crippen LogP contribution in [0.5, 0.6) is 0 Å². The lowest BCUT2D eigenvalue weighted by molar-refractivity contribution is 0.0927. The Kier molecular flexibility index (Phi) is 5.53. The van der Waals surface area contributed by atoms with Crippen LogP contribution in [-0.2, 0) is 0 Å². The number of anilines is 2. The Labute approximate surface area is 146 Å². The predicted octanol–water partition coefficient (Wildman–Crippen LogP) is 3.41. The van der Waals surface area contributed by atoms with E-state index in [1.54, 1.807) is 6.20 Å². The standard InChI is InChI=1S/C19H21N5O/c1-2-3-11-22-24-19(25)17-12-21-18(13-20-17)23-16-10-6-8-14-7-4-5-9-15(14)16/h4-10,12-13,22H,2-3,11H2,1H3,(H,21,23)(H,24,25). The van der Waals surface area contributed by atoms with Gasteiger partial charge in [-0.05, 0) is 17.9 Å². The number of aromatic nitrogens is 2. The minimum absolute atomic E-state index is 0.271. The fourth-order valence-corrected chi connectivity index (χ4v) is 2.45. The highest BCUT2D eigenvalue weighted by molar-refractivity contribution is 5.95. The Balaban J connectivity index is 1.67. The molecule has 0 atom stereocenters. The van der Waals surface area contributed by atoms with Crippen molar-refractivity contribution >= 4 is 28.2 Å². The van der Waals surface area contributed by atoms with Crippen LogP contribution in [0.4, 0.5) is 11.5 Å². The summed E-state index contributed by atoms with van der Waals surface area (Å²) in [5, 5.41) is 5.51. The van der Waals surface area contributed by atoms with E-state index < -0.39 is 0 Å². The molecule has 25 heavy (non-hydrogen) atoms. The molecule has 3 aromatic rings. The number of carbonyl (C=O) groups excluding carboxylic acids is 1. The normalized spacial score (nSPS) is 10.6. The fourth-order valence-electron chi connectivity index (χ4n) is 2.45.